The predicted molar refractivity (Wildman–Crippen MR) is 112 cm³/mol. The molecule has 2 heterocycles. The van der Waals surface area contributed by atoms with E-state index in [4.69, 9.17) is 4.74 Å². The molecule has 1 aliphatic heterocycles. The second-order valence-electron chi connectivity index (χ2n) is 6.30. The molecule has 2 amide bonds. The van der Waals surface area contributed by atoms with Crippen LogP contribution in [0.15, 0.2) is 72.0 Å². The van der Waals surface area contributed by atoms with Crippen molar-refractivity contribution in [1.29, 1.82) is 0 Å². The van der Waals surface area contributed by atoms with Gasteiger partial charge in [-0.15, -0.1) is 5.10 Å². The highest BCUT2D eigenvalue weighted by Gasteiger charge is 2.28. The van der Waals surface area contributed by atoms with Gasteiger partial charge in [0.1, 0.15) is 11.3 Å². The van der Waals surface area contributed by atoms with Gasteiger partial charge in [0, 0.05) is 11.6 Å². The molecule has 1 aliphatic rings. The van der Waals surface area contributed by atoms with Gasteiger partial charge < -0.3 is 4.74 Å². The number of para-hydroxylation sites is 1. The highest BCUT2D eigenvalue weighted by Crippen LogP contribution is 2.23. The normalized spacial score (nSPS) is 15.1. The Morgan fingerprint density at radius 1 is 1.14 bits per heavy atom. The zero-order valence-corrected chi connectivity index (χ0v) is 16.3. The summed E-state index contributed by atoms with van der Waals surface area (Å²) in [5.74, 6) is 0.386. The first kappa shape index (κ1) is 18.9. The number of fused-ring (bicyclic) bond motifs is 1. The fourth-order valence-electron chi connectivity index (χ4n) is 2.88. The number of amidine groups is 1. The van der Waals surface area contributed by atoms with Crippen LogP contribution in [0.1, 0.15) is 5.56 Å². The maximum Gasteiger partial charge on any atom is 0.278 e. The number of hydrogen-bond donors (Lipinski definition) is 1. The van der Waals surface area contributed by atoms with Crippen LogP contribution in [-0.2, 0) is 16.1 Å². The van der Waals surface area contributed by atoms with Crippen LogP contribution in [0.3, 0.4) is 0 Å². The molecule has 8 heteroatoms. The molecule has 0 unspecified atom stereocenters. The molecule has 29 heavy (non-hydrogen) atoms. The van der Waals surface area contributed by atoms with Crippen LogP contribution in [0.5, 0.6) is 5.75 Å². The summed E-state index contributed by atoms with van der Waals surface area (Å²) in [6.45, 7) is 0.212. The number of thioether (sulfide) groups is 1. The fraction of sp³-hybridized carbons (Fsp3) is 0.143. The number of rotatable bonds is 6. The van der Waals surface area contributed by atoms with Crippen LogP contribution in [0.4, 0.5) is 0 Å². The van der Waals surface area contributed by atoms with Gasteiger partial charge >= 0.3 is 0 Å². The van der Waals surface area contributed by atoms with Gasteiger partial charge in [0.05, 0.1) is 12.3 Å². The molecule has 1 saturated heterocycles. The minimum Gasteiger partial charge on any atom is -0.481 e. The first-order valence-corrected chi connectivity index (χ1v) is 9.99. The highest BCUT2D eigenvalue weighted by atomic mass is 32.2. The first-order chi connectivity index (χ1) is 14.2. The smallest absolute Gasteiger partial charge is 0.278 e. The van der Waals surface area contributed by atoms with Gasteiger partial charge in [-0.2, -0.15) is 0 Å². The van der Waals surface area contributed by atoms with E-state index >= 15 is 0 Å². The average Bonchev–Trinajstić information content (AvgIpc) is 3.10. The second-order valence-corrected chi connectivity index (χ2v) is 7.25. The lowest BCUT2D eigenvalue weighted by molar-refractivity contribution is -0.125. The Kier molecular flexibility index (Phi) is 5.71. The Hall–Kier alpha value is -3.39. The number of benzene rings is 2. The SMILES string of the molecule is O=C(COc1cccc2cccnc12)NN=C1SCC(=O)N1Cc1ccccc1. The summed E-state index contributed by atoms with van der Waals surface area (Å²) < 4.78 is 5.61. The third-order valence-corrected chi connectivity index (χ3v) is 5.23. The molecule has 1 aromatic heterocycles. The third kappa shape index (κ3) is 4.55. The molecule has 7 nitrogen and oxygen atoms in total. The summed E-state index contributed by atoms with van der Waals surface area (Å²) >= 11 is 1.30. The molecule has 0 bridgehead atoms. The Morgan fingerprint density at radius 3 is 2.83 bits per heavy atom. The Labute approximate surface area is 171 Å². The van der Waals surface area contributed by atoms with Crippen LogP contribution in [0.25, 0.3) is 10.9 Å². The Bertz CT molecular complexity index is 1070. The van der Waals surface area contributed by atoms with Crippen molar-refractivity contribution in [3.05, 3.63) is 72.4 Å². The lowest BCUT2D eigenvalue weighted by Crippen LogP contribution is -2.32. The number of ether oxygens (including phenoxy) is 1. The van der Waals surface area contributed by atoms with Gasteiger partial charge in [-0.25, -0.2) is 5.43 Å². The van der Waals surface area contributed by atoms with Gasteiger partial charge in [0.2, 0.25) is 5.91 Å². The van der Waals surface area contributed by atoms with Crippen LogP contribution < -0.4 is 10.2 Å². The highest BCUT2D eigenvalue weighted by molar-refractivity contribution is 8.15. The monoisotopic (exact) mass is 406 g/mol. The van der Waals surface area contributed by atoms with Gasteiger partial charge in [0.25, 0.3) is 5.91 Å². The van der Waals surface area contributed by atoms with Crippen molar-refractivity contribution in [1.82, 2.24) is 15.3 Å². The summed E-state index contributed by atoms with van der Waals surface area (Å²) in [5, 5.41) is 5.52. The lowest BCUT2D eigenvalue weighted by atomic mass is 10.2. The number of aromatic nitrogens is 1. The number of hydrazone groups is 1. The summed E-state index contributed by atoms with van der Waals surface area (Å²) in [6, 6.07) is 19.0. The zero-order valence-electron chi connectivity index (χ0n) is 15.4. The van der Waals surface area contributed by atoms with Gasteiger partial charge in [-0.05, 0) is 17.7 Å². The van der Waals surface area contributed by atoms with Crippen molar-refractivity contribution in [2.45, 2.75) is 6.54 Å². The van der Waals surface area contributed by atoms with Gasteiger partial charge in [-0.1, -0.05) is 60.3 Å². The van der Waals surface area contributed by atoms with E-state index in [0.29, 0.717) is 28.7 Å². The number of amides is 2. The maximum absolute atomic E-state index is 12.2. The molecule has 0 aliphatic carbocycles. The van der Waals surface area contributed by atoms with Crippen LogP contribution in [-0.4, -0.2) is 39.2 Å². The largest absolute Gasteiger partial charge is 0.481 e. The third-order valence-electron chi connectivity index (χ3n) is 4.27. The minimum atomic E-state index is -0.412. The van der Waals surface area contributed by atoms with E-state index in [1.807, 2.05) is 54.6 Å². The second kappa shape index (κ2) is 8.74. The van der Waals surface area contributed by atoms with Crippen molar-refractivity contribution >= 4 is 39.6 Å². The van der Waals surface area contributed by atoms with Crippen molar-refractivity contribution in [2.24, 2.45) is 5.10 Å². The quantitative estimate of drug-likeness (QED) is 0.637. The number of nitrogens with one attached hydrogen (secondary N) is 1. The van der Waals surface area contributed by atoms with E-state index in [-0.39, 0.29) is 12.5 Å². The number of pyridine rings is 1. The van der Waals surface area contributed by atoms with Crippen molar-refractivity contribution in [3.63, 3.8) is 0 Å². The van der Waals surface area contributed by atoms with Crippen molar-refractivity contribution in [2.75, 3.05) is 12.4 Å². The van der Waals surface area contributed by atoms with E-state index in [0.717, 1.165) is 10.9 Å². The topological polar surface area (TPSA) is 83.9 Å². The van der Waals surface area contributed by atoms with E-state index in [9.17, 15) is 9.59 Å². The molecule has 146 valence electrons. The summed E-state index contributed by atoms with van der Waals surface area (Å²) in [5.41, 5.74) is 4.16. The predicted octanol–water partition coefficient (Wildman–Crippen LogP) is 2.78. The first-order valence-electron chi connectivity index (χ1n) is 9.01. The standard InChI is InChI=1S/C21H18N4O3S/c26-18(13-28-17-10-4-8-16-9-5-11-22-20(16)17)23-24-21-25(19(27)14-29-21)12-15-6-2-1-3-7-15/h1-11H,12-14H2,(H,23,26). The average molecular weight is 406 g/mol. The molecule has 1 fully saturated rings. The Balaban J connectivity index is 1.37. The molecule has 3 aromatic rings. The lowest BCUT2D eigenvalue weighted by Gasteiger charge is -2.15. The number of hydrogen-bond acceptors (Lipinski definition) is 6. The summed E-state index contributed by atoms with van der Waals surface area (Å²) in [4.78, 5) is 30.2. The van der Waals surface area contributed by atoms with E-state index in [1.54, 1.807) is 17.2 Å². The molecular formula is C21H18N4O3S. The van der Waals surface area contributed by atoms with Crippen LogP contribution >= 0.6 is 11.8 Å². The number of carbonyl (C=O) groups is 2. The van der Waals surface area contributed by atoms with Crippen LogP contribution in [0.2, 0.25) is 0 Å². The molecule has 0 spiro atoms. The summed E-state index contributed by atoms with van der Waals surface area (Å²) in [6.07, 6.45) is 1.68. The van der Waals surface area contributed by atoms with E-state index < -0.39 is 5.91 Å². The molecule has 4 rings (SSSR count). The zero-order chi connectivity index (χ0) is 20.1. The van der Waals surface area contributed by atoms with Gasteiger partial charge in [-0.3, -0.25) is 19.5 Å². The minimum absolute atomic E-state index is 0.0371. The van der Waals surface area contributed by atoms with Crippen LogP contribution in [0, 0.1) is 0 Å². The Morgan fingerprint density at radius 2 is 1.97 bits per heavy atom. The van der Waals surface area contributed by atoms with Gasteiger partial charge in [0.15, 0.2) is 11.8 Å². The number of carbonyl (C=O) groups excluding carboxylic acids is 2. The van der Waals surface area contributed by atoms with E-state index in [1.165, 1.54) is 11.8 Å². The fourth-order valence-corrected chi connectivity index (χ4v) is 3.72. The molecule has 0 radical (unpaired) electrons. The summed E-state index contributed by atoms with van der Waals surface area (Å²) in [7, 11) is 0. The van der Waals surface area contributed by atoms with Crippen molar-refractivity contribution < 1.29 is 14.3 Å². The van der Waals surface area contributed by atoms with E-state index in [2.05, 4.69) is 15.5 Å². The van der Waals surface area contributed by atoms with Crippen molar-refractivity contribution in [3.8, 4) is 5.75 Å². The number of nitrogens with zero attached hydrogens (tertiary/aromatic N) is 3. The molecule has 2 aromatic carbocycles. The molecule has 1 N–H and O–H groups in total. The molecule has 0 atom stereocenters. The molecule has 0 saturated carbocycles. The molecular weight excluding hydrogens is 388 g/mol. The maximum atomic E-state index is 12.2.